The van der Waals surface area contributed by atoms with Crippen molar-refractivity contribution in [1.82, 2.24) is 15.2 Å². The lowest BCUT2D eigenvalue weighted by atomic mass is 10.2. The molecule has 0 unspecified atom stereocenters. The van der Waals surface area contributed by atoms with E-state index in [0.717, 1.165) is 9.92 Å². The topological polar surface area (TPSA) is 38.7 Å². The van der Waals surface area contributed by atoms with Crippen LogP contribution in [0, 0.1) is 6.92 Å². The largest absolute Gasteiger partial charge is 0.244 e. The molecule has 0 saturated heterocycles. The normalized spacial score (nSPS) is 10.3. The summed E-state index contributed by atoms with van der Waals surface area (Å²) >= 11 is 7.16. The summed E-state index contributed by atoms with van der Waals surface area (Å²) in [6.07, 6.45) is 1.60. The lowest BCUT2D eigenvalue weighted by Crippen LogP contribution is -1.88. The van der Waals surface area contributed by atoms with Crippen molar-refractivity contribution in [3.63, 3.8) is 0 Å². The van der Waals surface area contributed by atoms with Crippen LogP contribution in [0.5, 0.6) is 0 Å². The lowest BCUT2D eigenvalue weighted by Gasteiger charge is -2.00. The Kier molecular flexibility index (Phi) is 3.18. The molecule has 5 heteroatoms. The van der Waals surface area contributed by atoms with Gasteiger partial charge >= 0.3 is 0 Å². The van der Waals surface area contributed by atoms with Crippen LogP contribution in [0.4, 0.5) is 0 Å². The van der Waals surface area contributed by atoms with Crippen LogP contribution in [0.15, 0.2) is 40.4 Å². The van der Waals surface area contributed by atoms with E-state index in [1.165, 1.54) is 17.3 Å². The van der Waals surface area contributed by atoms with E-state index < -0.39 is 0 Å². The second-order valence-corrected chi connectivity index (χ2v) is 4.41. The number of benzene rings is 1. The second kappa shape index (κ2) is 4.59. The SMILES string of the molecule is Cc1cccc(Sc2cnnc(Cl)n2)c1. The number of hydrogen-bond donors (Lipinski definition) is 0. The van der Waals surface area contributed by atoms with Gasteiger partial charge in [0.1, 0.15) is 5.03 Å². The maximum absolute atomic E-state index is 5.64. The van der Waals surface area contributed by atoms with Gasteiger partial charge in [0.25, 0.3) is 0 Å². The van der Waals surface area contributed by atoms with Crippen LogP contribution >= 0.6 is 23.4 Å². The first-order valence-electron chi connectivity index (χ1n) is 4.34. The molecule has 1 heterocycles. The van der Waals surface area contributed by atoms with Crippen molar-refractivity contribution in [3.8, 4) is 0 Å². The van der Waals surface area contributed by atoms with Crippen molar-refractivity contribution in [3.05, 3.63) is 41.3 Å². The number of aromatic nitrogens is 3. The van der Waals surface area contributed by atoms with E-state index >= 15 is 0 Å². The highest BCUT2D eigenvalue weighted by molar-refractivity contribution is 7.99. The number of halogens is 1. The molecule has 0 spiro atoms. The minimum absolute atomic E-state index is 0.174. The molecule has 1 aromatic heterocycles. The average Bonchev–Trinajstić information content (AvgIpc) is 2.17. The van der Waals surface area contributed by atoms with Gasteiger partial charge < -0.3 is 0 Å². The Morgan fingerprint density at radius 3 is 2.93 bits per heavy atom. The Morgan fingerprint density at radius 1 is 1.33 bits per heavy atom. The summed E-state index contributed by atoms with van der Waals surface area (Å²) in [5.41, 5.74) is 1.22. The molecule has 3 nitrogen and oxygen atoms in total. The fraction of sp³-hybridized carbons (Fsp3) is 0.100. The second-order valence-electron chi connectivity index (χ2n) is 2.98. The highest BCUT2D eigenvalue weighted by Gasteiger charge is 2.01. The molecule has 1 aromatic carbocycles. The molecule has 0 fully saturated rings. The molecule has 15 heavy (non-hydrogen) atoms. The van der Waals surface area contributed by atoms with Crippen LogP contribution < -0.4 is 0 Å². The maximum atomic E-state index is 5.64. The summed E-state index contributed by atoms with van der Waals surface area (Å²) in [6.45, 7) is 2.05. The van der Waals surface area contributed by atoms with Crippen LogP contribution in [-0.4, -0.2) is 15.2 Å². The van der Waals surface area contributed by atoms with Crippen LogP contribution in [0.3, 0.4) is 0 Å². The Balaban J connectivity index is 2.22. The molecule has 0 bridgehead atoms. The maximum Gasteiger partial charge on any atom is 0.244 e. The van der Waals surface area contributed by atoms with Crippen LogP contribution in [0.1, 0.15) is 5.56 Å². The molecular formula is C10H8ClN3S. The molecule has 0 aliphatic heterocycles. The smallest absolute Gasteiger partial charge is 0.208 e. The quantitative estimate of drug-likeness (QED) is 0.805. The van der Waals surface area contributed by atoms with Crippen LogP contribution in [0.25, 0.3) is 0 Å². The molecule has 76 valence electrons. The lowest BCUT2D eigenvalue weighted by molar-refractivity contribution is 0.903. The van der Waals surface area contributed by atoms with E-state index in [1.54, 1.807) is 6.20 Å². The Bertz CT molecular complexity index is 432. The highest BCUT2D eigenvalue weighted by Crippen LogP contribution is 2.26. The number of rotatable bonds is 2. The third kappa shape index (κ3) is 2.91. The summed E-state index contributed by atoms with van der Waals surface area (Å²) in [5, 5.41) is 8.25. The molecule has 0 atom stereocenters. The third-order valence-electron chi connectivity index (χ3n) is 1.72. The molecule has 0 radical (unpaired) electrons. The van der Waals surface area contributed by atoms with Gasteiger partial charge in [-0.25, -0.2) is 4.98 Å². The van der Waals surface area contributed by atoms with E-state index in [2.05, 4.69) is 34.2 Å². The van der Waals surface area contributed by atoms with Crippen molar-refractivity contribution in [1.29, 1.82) is 0 Å². The zero-order valence-electron chi connectivity index (χ0n) is 8.01. The van der Waals surface area contributed by atoms with Gasteiger partial charge in [0.05, 0.1) is 6.20 Å². The van der Waals surface area contributed by atoms with Gasteiger partial charge in [0.2, 0.25) is 5.28 Å². The van der Waals surface area contributed by atoms with Crippen molar-refractivity contribution in [2.24, 2.45) is 0 Å². The number of nitrogens with zero attached hydrogens (tertiary/aromatic N) is 3. The van der Waals surface area contributed by atoms with Gasteiger partial charge in [-0.1, -0.05) is 29.5 Å². The van der Waals surface area contributed by atoms with Crippen molar-refractivity contribution < 1.29 is 0 Å². The molecule has 0 amide bonds. The van der Waals surface area contributed by atoms with E-state index in [9.17, 15) is 0 Å². The van der Waals surface area contributed by atoms with Gasteiger partial charge in [-0.15, -0.1) is 5.10 Å². The van der Waals surface area contributed by atoms with E-state index in [1.807, 2.05) is 12.1 Å². The van der Waals surface area contributed by atoms with E-state index in [4.69, 9.17) is 11.6 Å². The Hall–Kier alpha value is -1.13. The molecule has 2 aromatic rings. The molecule has 0 N–H and O–H groups in total. The standard InChI is InChI=1S/C10H8ClN3S/c1-7-3-2-4-8(5-7)15-9-6-12-14-10(11)13-9/h2-6H,1H3. The van der Waals surface area contributed by atoms with Gasteiger partial charge in [-0.3, -0.25) is 0 Å². The predicted octanol–water partition coefficient (Wildman–Crippen LogP) is 2.98. The van der Waals surface area contributed by atoms with Crippen molar-refractivity contribution in [2.75, 3.05) is 0 Å². The van der Waals surface area contributed by atoms with Crippen molar-refractivity contribution >= 4 is 23.4 Å². The first kappa shape index (κ1) is 10.4. The van der Waals surface area contributed by atoms with Crippen LogP contribution in [0.2, 0.25) is 5.28 Å². The summed E-state index contributed by atoms with van der Waals surface area (Å²) in [6, 6.07) is 8.16. The van der Waals surface area contributed by atoms with Gasteiger partial charge in [0.15, 0.2) is 0 Å². The minimum atomic E-state index is 0.174. The average molecular weight is 238 g/mol. The number of hydrogen-bond acceptors (Lipinski definition) is 4. The van der Waals surface area contributed by atoms with Gasteiger partial charge in [-0.2, -0.15) is 5.10 Å². The zero-order valence-corrected chi connectivity index (χ0v) is 9.59. The molecule has 0 aliphatic carbocycles. The predicted molar refractivity (Wildman–Crippen MR) is 60.1 cm³/mol. The molecular weight excluding hydrogens is 230 g/mol. The zero-order chi connectivity index (χ0) is 10.7. The fourth-order valence-corrected chi connectivity index (χ4v) is 2.17. The van der Waals surface area contributed by atoms with Gasteiger partial charge in [0, 0.05) is 4.90 Å². The van der Waals surface area contributed by atoms with Gasteiger partial charge in [-0.05, 0) is 30.7 Å². The minimum Gasteiger partial charge on any atom is -0.208 e. The molecule has 2 rings (SSSR count). The Labute approximate surface area is 96.9 Å². The van der Waals surface area contributed by atoms with Crippen LogP contribution in [-0.2, 0) is 0 Å². The molecule has 0 saturated carbocycles. The monoisotopic (exact) mass is 237 g/mol. The summed E-state index contributed by atoms with van der Waals surface area (Å²) in [5.74, 6) is 0. The van der Waals surface area contributed by atoms with Crippen molar-refractivity contribution in [2.45, 2.75) is 16.8 Å². The number of aryl methyl sites for hydroxylation is 1. The third-order valence-corrected chi connectivity index (χ3v) is 2.78. The first-order chi connectivity index (χ1) is 7.24. The van der Waals surface area contributed by atoms with E-state index in [0.29, 0.717) is 0 Å². The first-order valence-corrected chi connectivity index (χ1v) is 5.53. The molecule has 0 aliphatic rings. The van der Waals surface area contributed by atoms with E-state index in [-0.39, 0.29) is 5.28 Å². The Morgan fingerprint density at radius 2 is 2.20 bits per heavy atom. The summed E-state index contributed by atoms with van der Waals surface area (Å²) < 4.78 is 0. The fourth-order valence-electron chi connectivity index (χ4n) is 1.12. The summed E-state index contributed by atoms with van der Waals surface area (Å²) in [4.78, 5) is 5.17. The highest BCUT2D eigenvalue weighted by atomic mass is 35.5. The summed E-state index contributed by atoms with van der Waals surface area (Å²) in [7, 11) is 0.